The van der Waals surface area contributed by atoms with Crippen molar-refractivity contribution in [2.45, 2.75) is 26.4 Å². The van der Waals surface area contributed by atoms with Gasteiger partial charge in [0.05, 0.1) is 6.54 Å². The molecule has 0 unspecified atom stereocenters. The van der Waals surface area contributed by atoms with Crippen LogP contribution in [0.3, 0.4) is 0 Å². The van der Waals surface area contributed by atoms with Crippen LogP contribution in [0.2, 0.25) is 0 Å². The van der Waals surface area contributed by atoms with Crippen molar-refractivity contribution < 1.29 is 14.1 Å². The van der Waals surface area contributed by atoms with Crippen LogP contribution in [0.4, 0.5) is 0 Å². The zero-order chi connectivity index (χ0) is 14.7. The summed E-state index contributed by atoms with van der Waals surface area (Å²) in [5.41, 5.74) is 5.53. The molecule has 2 amide bonds. The van der Waals surface area contributed by atoms with Gasteiger partial charge in [0.1, 0.15) is 5.69 Å². The Balaban J connectivity index is 2.01. The van der Waals surface area contributed by atoms with Crippen molar-refractivity contribution in [2.24, 2.45) is 5.73 Å². The number of primary amides is 1. The molecule has 106 valence electrons. The number of nitrogens with one attached hydrogen (secondary N) is 1. The molecule has 0 bridgehead atoms. The van der Waals surface area contributed by atoms with Crippen LogP contribution in [-0.4, -0.2) is 26.5 Å². The zero-order valence-corrected chi connectivity index (χ0v) is 11.2. The molecule has 0 aliphatic heterocycles. The van der Waals surface area contributed by atoms with Crippen molar-refractivity contribution in [2.75, 3.05) is 0 Å². The number of hydrogen-bond donors (Lipinski definition) is 2. The van der Waals surface area contributed by atoms with Crippen molar-refractivity contribution in [1.29, 1.82) is 0 Å². The minimum Gasteiger partial charge on any atom is -0.361 e. The summed E-state index contributed by atoms with van der Waals surface area (Å²) < 4.78 is 6.47. The molecule has 2 rings (SSSR count). The maximum Gasteiger partial charge on any atom is 0.315 e. The summed E-state index contributed by atoms with van der Waals surface area (Å²) in [5, 5.41) is 6.19. The van der Waals surface area contributed by atoms with Gasteiger partial charge >= 0.3 is 11.8 Å². The van der Waals surface area contributed by atoms with E-state index in [4.69, 9.17) is 5.73 Å². The topological polar surface area (TPSA) is 116 Å². The number of amides is 2. The summed E-state index contributed by atoms with van der Waals surface area (Å²) in [6.45, 7) is 4.02. The van der Waals surface area contributed by atoms with Crippen molar-refractivity contribution in [3.05, 3.63) is 35.7 Å². The number of hydrogen-bond acceptors (Lipinski definition) is 5. The van der Waals surface area contributed by atoms with E-state index in [-0.39, 0.29) is 30.2 Å². The molecule has 0 saturated heterocycles. The Labute approximate surface area is 114 Å². The van der Waals surface area contributed by atoms with Gasteiger partial charge in [-0.1, -0.05) is 5.16 Å². The fourth-order valence-electron chi connectivity index (χ4n) is 1.71. The molecule has 2 heterocycles. The summed E-state index contributed by atoms with van der Waals surface area (Å²) in [6.07, 6.45) is 1.83. The van der Waals surface area contributed by atoms with Crippen LogP contribution in [0.5, 0.6) is 0 Å². The summed E-state index contributed by atoms with van der Waals surface area (Å²) >= 11 is 0. The van der Waals surface area contributed by atoms with E-state index in [9.17, 15) is 9.59 Å². The second kappa shape index (κ2) is 5.55. The summed E-state index contributed by atoms with van der Waals surface area (Å²) in [4.78, 5) is 26.6. The SMILES string of the molecule is CC(C)n1cccc1C(=O)NCc1noc(C(N)=O)n1. The van der Waals surface area contributed by atoms with Gasteiger partial charge in [-0.15, -0.1) is 0 Å². The minimum atomic E-state index is -0.802. The standard InChI is InChI=1S/C12H15N5O3/c1-7(2)17-5-3-4-8(17)11(19)14-6-9-15-12(10(13)18)20-16-9/h3-5,7H,6H2,1-2H3,(H2,13,18)(H,14,19). The molecular formula is C12H15N5O3. The molecule has 2 aromatic rings. The monoisotopic (exact) mass is 277 g/mol. The second-order valence-corrected chi connectivity index (χ2v) is 4.46. The Hall–Kier alpha value is -2.64. The maximum atomic E-state index is 12.0. The van der Waals surface area contributed by atoms with E-state index >= 15 is 0 Å². The third kappa shape index (κ3) is 2.85. The summed E-state index contributed by atoms with van der Waals surface area (Å²) in [6, 6.07) is 3.70. The van der Waals surface area contributed by atoms with Crippen LogP contribution in [0, 0.1) is 0 Å². The number of aromatic nitrogens is 3. The van der Waals surface area contributed by atoms with Gasteiger partial charge in [-0.2, -0.15) is 4.98 Å². The van der Waals surface area contributed by atoms with E-state index in [0.717, 1.165) is 0 Å². The summed E-state index contributed by atoms with van der Waals surface area (Å²) in [5.74, 6) is -1.15. The van der Waals surface area contributed by atoms with Crippen molar-refractivity contribution in [3.63, 3.8) is 0 Å². The molecule has 20 heavy (non-hydrogen) atoms. The Morgan fingerprint density at radius 3 is 2.85 bits per heavy atom. The molecule has 0 spiro atoms. The molecular weight excluding hydrogens is 262 g/mol. The van der Waals surface area contributed by atoms with E-state index in [1.807, 2.05) is 24.6 Å². The van der Waals surface area contributed by atoms with Gasteiger partial charge in [0.15, 0.2) is 5.82 Å². The van der Waals surface area contributed by atoms with Crippen LogP contribution in [0.25, 0.3) is 0 Å². The lowest BCUT2D eigenvalue weighted by Gasteiger charge is -2.12. The average Bonchev–Trinajstić information content (AvgIpc) is 3.04. The van der Waals surface area contributed by atoms with Crippen LogP contribution < -0.4 is 11.1 Å². The van der Waals surface area contributed by atoms with Crippen LogP contribution >= 0.6 is 0 Å². The van der Waals surface area contributed by atoms with Crippen molar-refractivity contribution in [1.82, 2.24) is 20.0 Å². The van der Waals surface area contributed by atoms with E-state index in [1.54, 1.807) is 12.1 Å². The van der Waals surface area contributed by atoms with Gasteiger partial charge in [0.2, 0.25) is 0 Å². The first kappa shape index (κ1) is 13.8. The lowest BCUT2D eigenvalue weighted by atomic mass is 10.3. The Morgan fingerprint density at radius 1 is 1.50 bits per heavy atom. The smallest absolute Gasteiger partial charge is 0.315 e. The van der Waals surface area contributed by atoms with Gasteiger partial charge in [0.25, 0.3) is 5.91 Å². The molecule has 0 radical (unpaired) electrons. The lowest BCUT2D eigenvalue weighted by Crippen LogP contribution is -2.26. The van der Waals surface area contributed by atoms with Crippen LogP contribution in [0.1, 0.15) is 46.9 Å². The predicted octanol–water partition coefficient (Wildman–Crippen LogP) is 0.481. The molecule has 0 aromatic carbocycles. The lowest BCUT2D eigenvalue weighted by molar-refractivity contribution is 0.0935. The quantitative estimate of drug-likeness (QED) is 0.824. The maximum absolute atomic E-state index is 12.0. The Bertz CT molecular complexity index is 629. The van der Waals surface area contributed by atoms with Gasteiger partial charge < -0.3 is 20.1 Å². The molecule has 2 aromatic heterocycles. The van der Waals surface area contributed by atoms with E-state index < -0.39 is 5.91 Å². The third-order valence-electron chi connectivity index (χ3n) is 2.65. The number of carbonyl (C=O) groups is 2. The zero-order valence-electron chi connectivity index (χ0n) is 11.2. The highest BCUT2D eigenvalue weighted by Crippen LogP contribution is 2.10. The van der Waals surface area contributed by atoms with E-state index in [0.29, 0.717) is 5.69 Å². The molecule has 8 nitrogen and oxygen atoms in total. The predicted molar refractivity (Wildman–Crippen MR) is 68.8 cm³/mol. The van der Waals surface area contributed by atoms with Gasteiger partial charge in [-0.25, -0.2) is 0 Å². The molecule has 0 aliphatic carbocycles. The number of nitrogens with zero attached hydrogens (tertiary/aromatic N) is 3. The Morgan fingerprint density at radius 2 is 2.25 bits per heavy atom. The van der Waals surface area contributed by atoms with Crippen LogP contribution in [0.15, 0.2) is 22.9 Å². The van der Waals surface area contributed by atoms with Crippen LogP contribution in [-0.2, 0) is 6.54 Å². The fourth-order valence-corrected chi connectivity index (χ4v) is 1.71. The highest BCUT2D eigenvalue weighted by Gasteiger charge is 2.15. The first-order valence-corrected chi connectivity index (χ1v) is 6.06. The first-order chi connectivity index (χ1) is 9.49. The number of carbonyl (C=O) groups excluding carboxylic acids is 2. The highest BCUT2D eigenvalue weighted by molar-refractivity contribution is 5.92. The fraction of sp³-hybridized carbons (Fsp3) is 0.333. The molecule has 0 atom stereocenters. The second-order valence-electron chi connectivity index (χ2n) is 4.46. The molecule has 0 aliphatic rings. The van der Waals surface area contributed by atoms with E-state index in [2.05, 4.69) is 20.0 Å². The number of rotatable bonds is 5. The first-order valence-electron chi connectivity index (χ1n) is 6.06. The van der Waals surface area contributed by atoms with Crippen molar-refractivity contribution in [3.8, 4) is 0 Å². The molecule has 8 heteroatoms. The Kier molecular flexibility index (Phi) is 3.83. The highest BCUT2D eigenvalue weighted by atomic mass is 16.5. The molecule has 0 fully saturated rings. The largest absolute Gasteiger partial charge is 0.361 e. The minimum absolute atomic E-state index is 0.0545. The van der Waals surface area contributed by atoms with Gasteiger partial charge in [-0.05, 0) is 26.0 Å². The van der Waals surface area contributed by atoms with Gasteiger partial charge in [0, 0.05) is 12.2 Å². The average molecular weight is 277 g/mol. The molecule has 0 saturated carbocycles. The number of nitrogens with two attached hydrogens (primary N) is 1. The third-order valence-corrected chi connectivity index (χ3v) is 2.65. The van der Waals surface area contributed by atoms with E-state index in [1.165, 1.54) is 0 Å². The molecule has 3 N–H and O–H groups in total. The summed E-state index contributed by atoms with van der Waals surface area (Å²) in [7, 11) is 0. The normalized spacial score (nSPS) is 10.8. The van der Waals surface area contributed by atoms with Gasteiger partial charge in [-0.3, -0.25) is 9.59 Å². The van der Waals surface area contributed by atoms with Crippen molar-refractivity contribution >= 4 is 11.8 Å².